The zero-order valence-corrected chi connectivity index (χ0v) is 21.1. The quantitative estimate of drug-likeness (QED) is 0.200. The number of ether oxygens (including phenoxy) is 1. The molecule has 0 amide bonds. The Morgan fingerprint density at radius 1 is 0.593 bits per heavy atom. The largest absolute Gasteiger partial charge is 1.00 e. The van der Waals surface area contributed by atoms with Crippen LogP contribution in [0.1, 0.15) is 118 Å². The number of unbranched alkanes of at least 4 members (excludes halogenated alkanes) is 14. The van der Waals surface area contributed by atoms with E-state index in [1.54, 1.807) is 0 Å². The van der Waals surface area contributed by atoms with E-state index < -0.39 is 10.4 Å². The third-order valence-electron chi connectivity index (χ3n) is 4.28. The van der Waals surface area contributed by atoms with Gasteiger partial charge in [0.1, 0.15) is 0 Å². The van der Waals surface area contributed by atoms with Gasteiger partial charge in [0.15, 0.2) is 0 Å². The molecule has 0 aromatic rings. The predicted octanol–water partition coefficient (Wildman–Crippen LogP) is 3.75. The van der Waals surface area contributed by atoms with Gasteiger partial charge < -0.3 is 6.16 Å². The molecule has 0 saturated carbocycles. The standard InChI is InChI=1S/C20H42O.Na.H2O4S.H/c1-3-5-7-9-11-13-15-17-19-21-20-18-16-14-12-10-8-6-4-2;;1-5(2,3)4;/h3-20H2,1-2H3;;(H2,1,2,3,4);/q;+1;;-1. The smallest absolute Gasteiger partial charge is 1.00 e. The zero-order valence-electron chi connectivity index (χ0n) is 19.3. The summed E-state index contributed by atoms with van der Waals surface area (Å²) in [6, 6.07) is 0. The van der Waals surface area contributed by atoms with Crippen LogP contribution in [0.15, 0.2) is 0 Å². The van der Waals surface area contributed by atoms with Crippen molar-refractivity contribution in [1.29, 1.82) is 0 Å². The number of hydrogen-bond acceptors (Lipinski definition) is 3. The number of hydrogen-bond donors (Lipinski definition) is 2. The molecule has 2 N–H and O–H groups in total. The average Bonchev–Trinajstić information content (AvgIpc) is 2.56. The van der Waals surface area contributed by atoms with E-state index in [1.165, 1.54) is 103 Å². The van der Waals surface area contributed by atoms with Crippen LogP contribution in [-0.2, 0) is 15.1 Å². The Hall–Kier alpha value is 0.830. The Kier molecular flexibility index (Phi) is 32.3. The van der Waals surface area contributed by atoms with Gasteiger partial charge in [0.2, 0.25) is 0 Å². The fraction of sp³-hybridized carbons (Fsp3) is 1.00. The monoisotopic (exact) mass is 420 g/mol. The van der Waals surface area contributed by atoms with Crippen molar-refractivity contribution in [3.05, 3.63) is 0 Å². The van der Waals surface area contributed by atoms with Crippen molar-refractivity contribution < 1.29 is 53.2 Å². The molecule has 0 saturated heterocycles. The maximum atomic E-state index is 8.74. The van der Waals surface area contributed by atoms with Gasteiger partial charge in [-0.1, -0.05) is 104 Å². The summed E-state index contributed by atoms with van der Waals surface area (Å²) < 4.78 is 37.3. The molecule has 0 spiro atoms. The van der Waals surface area contributed by atoms with Crippen molar-refractivity contribution in [2.75, 3.05) is 13.2 Å². The zero-order chi connectivity index (χ0) is 19.9. The van der Waals surface area contributed by atoms with E-state index in [2.05, 4.69) is 13.8 Å². The summed E-state index contributed by atoms with van der Waals surface area (Å²) >= 11 is 0. The normalized spacial score (nSPS) is 10.8. The van der Waals surface area contributed by atoms with Gasteiger partial charge in [0.05, 0.1) is 0 Å². The molecule has 0 atom stereocenters. The predicted molar refractivity (Wildman–Crippen MR) is 111 cm³/mol. The van der Waals surface area contributed by atoms with E-state index in [0.29, 0.717) is 0 Å². The molecule has 0 heterocycles. The van der Waals surface area contributed by atoms with Gasteiger partial charge in [0.25, 0.3) is 0 Å². The molecule has 27 heavy (non-hydrogen) atoms. The van der Waals surface area contributed by atoms with Crippen LogP contribution in [0.25, 0.3) is 0 Å². The van der Waals surface area contributed by atoms with Gasteiger partial charge >= 0.3 is 40.0 Å². The Morgan fingerprint density at radius 3 is 1.07 bits per heavy atom. The molecular formula is C20H45NaO5S. The molecule has 0 radical (unpaired) electrons. The Bertz CT molecular complexity index is 331. The van der Waals surface area contributed by atoms with Crippen LogP contribution < -0.4 is 29.6 Å². The van der Waals surface area contributed by atoms with Crippen LogP contribution in [-0.4, -0.2) is 30.7 Å². The van der Waals surface area contributed by atoms with Crippen LogP contribution in [0.2, 0.25) is 0 Å². The Balaban J connectivity index is -0.000000364. The Morgan fingerprint density at radius 2 is 0.815 bits per heavy atom. The average molecular weight is 421 g/mol. The van der Waals surface area contributed by atoms with Crippen molar-refractivity contribution in [3.8, 4) is 0 Å². The van der Waals surface area contributed by atoms with Gasteiger partial charge in [-0.3, -0.25) is 9.11 Å². The van der Waals surface area contributed by atoms with E-state index in [4.69, 9.17) is 22.3 Å². The van der Waals surface area contributed by atoms with Gasteiger partial charge in [0, 0.05) is 13.2 Å². The fourth-order valence-electron chi connectivity index (χ4n) is 2.78. The third-order valence-corrected chi connectivity index (χ3v) is 4.28. The third kappa shape index (κ3) is 46.7. The van der Waals surface area contributed by atoms with Crippen LogP contribution >= 0.6 is 0 Å². The maximum absolute atomic E-state index is 8.74. The molecule has 0 aromatic carbocycles. The molecule has 0 aliphatic carbocycles. The molecular weight excluding hydrogens is 375 g/mol. The minimum atomic E-state index is -4.67. The minimum Gasteiger partial charge on any atom is -1.00 e. The van der Waals surface area contributed by atoms with Crippen LogP contribution in [0.5, 0.6) is 0 Å². The molecule has 7 heteroatoms. The fourth-order valence-corrected chi connectivity index (χ4v) is 2.78. The minimum absolute atomic E-state index is 0. The van der Waals surface area contributed by atoms with Crippen molar-refractivity contribution in [1.82, 2.24) is 0 Å². The molecule has 0 aliphatic heterocycles. The summed E-state index contributed by atoms with van der Waals surface area (Å²) in [5.41, 5.74) is 0. The van der Waals surface area contributed by atoms with Crippen molar-refractivity contribution in [2.24, 2.45) is 0 Å². The molecule has 0 aromatic heterocycles. The summed E-state index contributed by atoms with van der Waals surface area (Å²) in [5.74, 6) is 0. The van der Waals surface area contributed by atoms with Gasteiger partial charge in [-0.15, -0.1) is 0 Å². The first-order chi connectivity index (χ1) is 12.4. The summed E-state index contributed by atoms with van der Waals surface area (Å²) in [4.78, 5) is 0. The van der Waals surface area contributed by atoms with E-state index in [-0.39, 0.29) is 31.0 Å². The molecule has 5 nitrogen and oxygen atoms in total. The first kappa shape index (κ1) is 32.5. The molecule has 0 bridgehead atoms. The number of rotatable bonds is 18. The van der Waals surface area contributed by atoms with E-state index in [9.17, 15) is 0 Å². The summed E-state index contributed by atoms with van der Waals surface area (Å²) in [5, 5.41) is 0. The van der Waals surface area contributed by atoms with Crippen molar-refractivity contribution in [2.45, 2.75) is 117 Å². The molecule has 0 aliphatic rings. The molecule has 0 fully saturated rings. The molecule has 0 rings (SSSR count). The topological polar surface area (TPSA) is 83.8 Å². The first-order valence-corrected chi connectivity index (χ1v) is 12.1. The Labute approximate surface area is 192 Å². The van der Waals surface area contributed by atoms with Crippen molar-refractivity contribution >= 4 is 10.4 Å². The van der Waals surface area contributed by atoms with Crippen LogP contribution in [0.3, 0.4) is 0 Å². The van der Waals surface area contributed by atoms with Crippen LogP contribution in [0.4, 0.5) is 0 Å². The SMILES string of the molecule is CCCCCCCCCCOCCCCCCCCCC.O=S(=O)(O)O.[H-].[Na+]. The van der Waals surface area contributed by atoms with E-state index in [1.807, 2.05) is 0 Å². The second-order valence-electron chi connectivity index (χ2n) is 7.01. The van der Waals surface area contributed by atoms with Gasteiger partial charge in [-0.05, 0) is 12.8 Å². The molecule has 0 unspecified atom stereocenters. The molecule has 162 valence electrons. The summed E-state index contributed by atoms with van der Waals surface area (Å²) in [7, 11) is -4.67. The van der Waals surface area contributed by atoms with E-state index in [0.717, 1.165) is 13.2 Å². The van der Waals surface area contributed by atoms with Gasteiger partial charge in [-0.25, -0.2) is 0 Å². The second kappa shape index (κ2) is 26.8. The van der Waals surface area contributed by atoms with Crippen LogP contribution in [0, 0.1) is 0 Å². The summed E-state index contributed by atoms with van der Waals surface area (Å²) in [6.07, 6.45) is 22.2. The second-order valence-corrected chi connectivity index (χ2v) is 7.91. The van der Waals surface area contributed by atoms with Crippen molar-refractivity contribution in [3.63, 3.8) is 0 Å². The summed E-state index contributed by atoms with van der Waals surface area (Å²) in [6.45, 7) is 6.55. The van der Waals surface area contributed by atoms with E-state index >= 15 is 0 Å². The maximum Gasteiger partial charge on any atom is 1.00 e. The first-order valence-electron chi connectivity index (χ1n) is 10.7. The van der Waals surface area contributed by atoms with Gasteiger partial charge in [-0.2, -0.15) is 8.42 Å².